The Labute approximate surface area is 60.5 Å². The molecule has 0 spiro atoms. The smallest absolute Gasteiger partial charge is 0.333 e. The molecule has 0 aromatic heterocycles. The Kier molecular flexibility index (Phi) is 3.09. The van der Waals surface area contributed by atoms with Crippen molar-refractivity contribution in [2.24, 2.45) is 5.73 Å². The molecule has 0 aromatic carbocycles. The third kappa shape index (κ3) is 2.19. The molecule has 1 atom stereocenters. The van der Waals surface area contributed by atoms with E-state index < -0.39 is 5.97 Å². The van der Waals surface area contributed by atoms with E-state index in [1.54, 1.807) is 20.8 Å². The van der Waals surface area contributed by atoms with Crippen LogP contribution in [0.15, 0.2) is 11.1 Å². The predicted molar refractivity (Wildman–Crippen MR) is 39.7 cm³/mol. The second-order valence-electron chi connectivity index (χ2n) is 2.51. The number of allylic oxidation sites excluding steroid dienone is 1. The van der Waals surface area contributed by atoms with Crippen molar-refractivity contribution < 1.29 is 9.90 Å². The first-order chi connectivity index (χ1) is 4.46. The highest BCUT2D eigenvalue weighted by Crippen LogP contribution is 2.06. The minimum absolute atomic E-state index is 0.306. The maximum atomic E-state index is 10.4. The number of hydrogen-bond donors (Lipinski definition) is 2. The van der Waals surface area contributed by atoms with Crippen molar-refractivity contribution in [3.8, 4) is 0 Å². The van der Waals surface area contributed by atoms with E-state index in [2.05, 4.69) is 0 Å². The lowest BCUT2D eigenvalue weighted by molar-refractivity contribution is -0.132. The first-order valence-corrected chi connectivity index (χ1v) is 3.13. The quantitative estimate of drug-likeness (QED) is 0.561. The van der Waals surface area contributed by atoms with Gasteiger partial charge in [-0.05, 0) is 20.8 Å². The van der Waals surface area contributed by atoms with Gasteiger partial charge in [0.1, 0.15) is 0 Å². The van der Waals surface area contributed by atoms with Gasteiger partial charge in [-0.2, -0.15) is 0 Å². The molecule has 0 aliphatic rings. The summed E-state index contributed by atoms with van der Waals surface area (Å²) >= 11 is 0. The summed E-state index contributed by atoms with van der Waals surface area (Å²) in [6.45, 7) is 5.15. The van der Waals surface area contributed by atoms with Gasteiger partial charge in [0.15, 0.2) is 0 Å². The molecule has 58 valence electrons. The molecule has 0 bridgehead atoms. The molecule has 0 fully saturated rings. The molecule has 0 amide bonds. The standard InChI is InChI=1S/C7H13NO2/c1-4(2)6(5(3)8)7(9)10/h5H,8H2,1-3H3,(H,9,10). The lowest BCUT2D eigenvalue weighted by atomic mass is 10.1. The normalized spacial score (nSPS) is 12.4. The summed E-state index contributed by atoms with van der Waals surface area (Å²) in [5.74, 6) is -0.921. The van der Waals surface area contributed by atoms with Gasteiger partial charge in [-0.15, -0.1) is 0 Å². The van der Waals surface area contributed by atoms with Crippen molar-refractivity contribution >= 4 is 5.97 Å². The molecule has 0 heterocycles. The van der Waals surface area contributed by atoms with Crippen molar-refractivity contribution in [2.45, 2.75) is 26.8 Å². The van der Waals surface area contributed by atoms with Gasteiger partial charge in [0.05, 0.1) is 5.57 Å². The number of rotatable bonds is 2. The maximum Gasteiger partial charge on any atom is 0.333 e. The molecular formula is C7H13NO2. The zero-order valence-electron chi connectivity index (χ0n) is 6.51. The second kappa shape index (κ2) is 3.37. The van der Waals surface area contributed by atoms with Gasteiger partial charge in [-0.3, -0.25) is 0 Å². The SMILES string of the molecule is CC(C)=C(C(=O)O)C(C)N. The van der Waals surface area contributed by atoms with Gasteiger partial charge in [0, 0.05) is 6.04 Å². The average Bonchev–Trinajstić information content (AvgIpc) is 1.59. The Balaban J connectivity index is 4.61. The number of carboxylic acid groups (broad SMARTS) is 1. The van der Waals surface area contributed by atoms with Crippen LogP contribution in [0.4, 0.5) is 0 Å². The van der Waals surface area contributed by atoms with Crippen molar-refractivity contribution in [3.63, 3.8) is 0 Å². The van der Waals surface area contributed by atoms with Gasteiger partial charge in [0.2, 0.25) is 0 Å². The minimum Gasteiger partial charge on any atom is -0.478 e. The lowest BCUT2D eigenvalue weighted by Crippen LogP contribution is -2.24. The molecule has 0 aromatic rings. The van der Waals surface area contributed by atoms with Crippen LogP contribution in [0.1, 0.15) is 20.8 Å². The zero-order chi connectivity index (χ0) is 8.31. The molecule has 3 nitrogen and oxygen atoms in total. The summed E-state index contributed by atoms with van der Waals surface area (Å²) in [5.41, 5.74) is 6.47. The first kappa shape index (κ1) is 9.17. The third-order valence-corrected chi connectivity index (χ3v) is 1.22. The minimum atomic E-state index is -0.921. The van der Waals surface area contributed by atoms with Crippen molar-refractivity contribution in [1.82, 2.24) is 0 Å². The molecule has 0 saturated carbocycles. The highest BCUT2D eigenvalue weighted by Gasteiger charge is 2.12. The van der Waals surface area contributed by atoms with Gasteiger partial charge < -0.3 is 10.8 Å². The Morgan fingerprint density at radius 2 is 1.90 bits per heavy atom. The molecule has 0 radical (unpaired) electrons. The summed E-state index contributed by atoms with van der Waals surface area (Å²) in [6.07, 6.45) is 0. The number of aliphatic carboxylic acids is 1. The maximum absolute atomic E-state index is 10.4. The van der Waals surface area contributed by atoms with Crippen LogP contribution in [0.2, 0.25) is 0 Å². The summed E-state index contributed by atoms with van der Waals surface area (Å²) in [6, 6.07) is -0.387. The topological polar surface area (TPSA) is 63.3 Å². The molecule has 3 N–H and O–H groups in total. The molecule has 0 saturated heterocycles. The molecule has 3 heteroatoms. The Morgan fingerprint density at radius 3 is 1.90 bits per heavy atom. The van der Waals surface area contributed by atoms with Crippen molar-refractivity contribution in [3.05, 3.63) is 11.1 Å². The third-order valence-electron chi connectivity index (χ3n) is 1.22. The van der Waals surface area contributed by atoms with E-state index in [-0.39, 0.29) is 6.04 Å². The summed E-state index contributed by atoms with van der Waals surface area (Å²) in [5, 5.41) is 8.58. The van der Waals surface area contributed by atoms with E-state index in [9.17, 15) is 4.79 Å². The van der Waals surface area contributed by atoms with E-state index in [0.717, 1.165) is 5.57 Å². The van der Waals surface area contributed by atoms with Crippen LogP contribution < -0.4 is 5.73 Å². The van der Waals surface area contributed by atoms with Crippen LogP contribution in [0.5, 0.6) is 0 Å². The average molecular weight is 143 g/mol. The second-order valence-corrected chi connectivity index (χ2v) is 2.51. The van der Waals surface area contributed by atoms with E-state index in [1.165, 1.54) is 0 Å². The number of hydrogen-bond acceptors (Lipinski definition) is 2. The molecule has 0 aliphatic heterocycles. The summed E-state index contributed by atoms with van der Waals surface area (Å²) in [4.78, 5) is 10.4. The lowest BCUT2D eigenvalue weighted by Gasteiger charge is -2.07. The fraction of sp³-hybridized carbons (Fsp3) is 0.571. The van der Waals surface area contributed by atoms with E-state index in [4.69, 9.17) is 10.8 Å². The Bertz CT molecular complexity index is 166. The van der Waals surface area contributed by atoms with Crippen LogP contribution in [0.3, 0.4) is 0 Å². The van der Waals surface area contributed by atoms with E-state index in [1.807, 2.05) is 0 Å². The fourth-order valence-electron chi connectivity index (χ4n) is 0.864. The van der Waals surface area contributed by atoms with Gasteiger partial charge in [-0.1, -0.05) is 5.57 Å². The number of carboxylic acids is 1. The number of nitrogens with two attached hydrogens (primary N) is 1. The molecule has 1 unspecified atom stereocenters. The van der Waals surface area contributed by atoms with E-state index >= 15 is 0 Å². The van der Waals surface area contributed by atoms with Crippen LogP contribution in [0, 0.1) is 0 Å². The summed E-state index contributed by atoms with van der Waals surface area (Å²) < 4.78 is 0. The molecular weight excluding hydrogens is 130 g/mol. The fourth-order valence-corrected chi connectivity index (χ4v) is 0.864. The molecule has 0 rings (SSSR count). The monoisotopic (exact) mass is 143 g/mol. The van der Waals surface area contributed by atoms with E-state index in [0.29, 0.717) is 5.57 Å². The van der Waals surface area contributed by atoms with Crippen LogP contribution >= 0.6 is 0 Å². The highest BCUT2D eigenvalue weighted by atomic mass is 16.4. The predicted octanol–water partition coefficient (Wildman–Crippen LogP) is 0.755. The summed E-state index contributed by atoms with van der Waals surface area (Å²) in [7, 11) is 0. The van der Waals surface area contributed by atoms with Gasteiger partial charge in [0.25, 0.3) is 0 Å². The molecule has 0 aliphatic carbocycles. The highest BCUT2D eigenvalue weighted by molar-refractivity contribution is 5.88. The van der Waals surface area contributed by atoms with Crippen LogP contribution in [-0.2, 0) is 4.79 Å². The van der Waals surface area contributed by atoms with Crippen LogP contribution in [-0.4, -0.2) is 17.1 Å². The van der Waals surface area contributed by atoms with Crippen LogP contribution in [0.25, 0.3) is 0 Å². The van der Waals surface area contributed by atoms with Crippen molar-refractivity contribution in [2.75, 3.05) is 0 Å². The number of carbonyl (C=O) groups is 1. The van der Waals surface area contributed by atoms with Gasteiger partial charge >= 0.3 is 5.97 Å². The Hall–Kier alpha value is -0.830. The zero-order valence-corrected chi connectivity index (χ0v) is 6.51. The first-order valence-electron chi connectivity index (χ1n) is 3.13. The Morgan fingerprint density at radius 1 is 1.50 bits per heavy atom. The van der Waals surface area contributed by atoms with Crippen molar-refractivity contribution in [1.29, 1.82) is 0 Å². The molecule has 10 heavy (non-hydrogen) atoms. The largest absolute Gasteiger partial charge is 0.478 e. The van der Waals surface area contributed by atoms with Gasteiger partial charge in [-0.25, -0.2) is 4.79 Å².